The largest absolute Gasteiger partial charge is 0.378 e. The second-order valence-electron chi connectivity index (χ2n) is 3.78. The molecule has 0 saturated heterocycles. The third-order valence-corrected chi connectivity index (χ3v) is 2.68. The minimum atomic E-state index is -1.21. The van der Waals surface area contributed by atoms with Crippen molar-refractivity contribution in [3.8, 4) is 0 Å². The molecule has 4 heteroatoms. The van der Waals surface area contributed by atoms with Gasteiger partial charge in [0.15, 0.2) is 6.10 Å². The maximum atomic E-state index is 12.0. The molecule has 1 aliphatic rings. The van der Waals surface area contributed by atoms with E-state index < -0.39 is 12.0 Å². The zero-order chi connectivity index (χ0) is 11.7. The lowest BCUT2D eigenvalue weighted by atomic mass is 9.96. The molecule has 0 saturated carbocycles. The molecule has 1 N–H and O–H groups in total. The lowest BCUT2D eigenvalue weighted by Gasteiger charge is -2.29. The van der Waals surface area contributed by atoms with E-state index in [1.165, 1.54) is 0 Å². The number of hydrogen-bond acceptors (Lipinski definition) is 3. The monoisotopic (exact) mass is 219 g/mol. The van der Waals surface area contributed by atoms with Crippen molar-refractivity contribution in [2.75, 3.05) is 6.54 Å². The van der Waals surface area contributed by atoms with Gasteiger partial charge in [-0.3, -0.25) is 14.5 Å². The highest BCUT2D eigenvalue weighted by Gasteiger charge is 2.36. The molecule has 4 nitrogen and oxygen atoms in total. The molecule has 1 unspecified atom stereocenters. The second kappa shape index (κ2) is 4.06. The average Bonchev–Trinajstić information content (AvgIpc) is 2.32. The van der Waals surface area contributed by atoms with Gasteiger partial charge in [0.05, 0.1) is 0 Å². The smallest absolute Gasteiger partial charge is 0.262 e. The van der Waals surface area contributed by atoms with Gasteiger partial charge in [-0.1, -0.05) is 25.1 Å². The van der Waals surface area contributed by atoms with Gasteiger partial charge < -0.3 is 5.11 Å². The quantitative estimate of drug-likeness (QED) is 0.758. The van der Waals surface area contributed by atoms with E-state index in [2.05, 4.69) is 0 Å². The van der Waals surface area contributed by atoms with Crippen molar-refractivity contribution in [2.24, 2.45) is 0 Å². The van der Waals surface area contributed by atoms with Gasteiger partial charge in [0.2, 0.25) is 0 Å². The highest BCUT2D eigenvalue weighted by atomic mass is 16.3. The molecule has 1 aromatic rings. The normalized spacial score (nSPS) is 19.9. The van der Waals surface area contributed by atoms with Crippen LogP contribution in [0.5, 0.6) is 0 Å². The Balaban J connectivity index is 2.47. The standard InChI is InChI=1S/C12H13NO3/c1-2-7-13-11(15)9-6-4-3-5-8(9)10(14)12(13)16/h3-6,10,14H,2,7H2,1H3. The van der Waals surface area contributed by atoms with E-state index in [4.69, 9.17) is 0 Å². The predicted octanol–water partition coefficient (Wildman–Crippen LogP) is 1.11. The van der Waals surface area contributed by atoms with Crippen LogP contribution in [-0.4, -0.2) is 28.4 Å². The summed E-state index contributed by atoms with van der Waals surface area (Å²) in [6.45, 7) is 2.23. The Morgan fingerprint density at radius 1 is 1.31 bits per heavy atom. The summed E-state index contributed by atoms with van der Waals surface area (Å²) in [5.41, 5.74) is 0.827. The molecule has 1 atom stereocenters. The number of imide groups is 1. The molecule has 0 radical (unpaired) electrons. The van der Waals surface area contributed by atoms with Gasteiger partial charge in [-0.25, -0.2) is 0 Å². The van der Waals surface area contributed by atoms with Crippen LogP contribution in [0.3, 0.4) is 0 Å². The zero-order valence-corrected chi connectivity index (χ0v) is 9.01. The summed E-state index contributed by atoms with van der Waals surface area (Å²) in [6, 6.07) is 6.68. The van der Waals surface area contributed by atoms with Gasteiger partial charge in [0, 0.05) is 17.7 Å². The van der Waals surface area contributed by atoms with Gasteiger partial charge in [0.1, 0.15) is 0 Å². The van der Waals surface area contributed by atoms with Crippen molar-refractivity contribution in [1.29, 1.82) is 0 Å². The van der Waals surface area contributed by atoms with Crippen LogP contribution in [0, 0.1) is 0 Å². The number of carbonyl (C=O) groups excluding carboxylic acids is 2. The minimum Gasteiger partial charge on any atom is -0.378 e. The van der Waals surface area contributed by atoms with E-state index in [0.717, 1.165) is 4.90 Å². The Hall–Kier alpha value is -1.68. The number of aliphatic hydroxyl groups excluding tert-OH is 1. The Bertz CT molecular complexity index is 442. The molecule has 0 fully saturated rings. The van der Waals surface area contributed by atoms with Crippen LogP contribution in [0.2, 0.25) is 0 Å². The first-order valence-corrected chi connectivity index (χ1v) is 5.29. The van der Waals surface area contributed by atoms with Crippen molar-refractivity contribution in [2.45, 2.75) is 19.4 Å². The SMILES string of the molecule is CCCN1C(=O)c2ccccc2C(O)C1=O. The van der Waals surface area contributed by atoms with Crippen molar-refractivity contribution in [3.05, 3.63) is 35.4 Å². The van der Waals surface area contributed by atoms with Crippen LogP contribution in [-0.2, 0) is 4.79 Å². The molecule has 84 valence electrons. The van der Waals surface area contributed by atoms with Crippen LogP contribution >= 0.6 is 0 Å². The summed E-state index contributed by atoms with van der Waals surface area (Å²) in [5, 5.41) is 9.80. The summed E-state index contributed by atoms with van der Waals surface area (Å²) < 4.78 is 0. The first kappa shape index (κ1) is 10.8. The lowest BCUT2D eigenvalue weighted by molar-refractivity contribution is -0.138. The molecule has 2 rings (SSSR count). The number of amides is 2. The van der Waals surface area contributed by atoms with Gasteiger partial charge >= 0.3 is 0 Å². The number of benzene rings is 1. The lowest BCUT2D eigenvalue weighted by Crippen LogP contribution is -2.45. The number of fused-ring (bicyclic) bond motifs is 1. The van der Waals surface area contributed by atoms with E-state index in [1.807, 2.05) is 6.92 Å². The molecular formula is C12H13NO3. The third kappa shape index (κ3) is 1.51. The molecule has 16 heavy (non-hydrogen) atoms. The minimum absolute atomic E-state index is 0.312. The van der Waals surface area contributed by atoms with E-state index in [-0.39, 0.29) is 5.91 Å². The first-order valence-electron chi connectivity index (χ1n) is 5.29. The highest BCUT2D eigenvalue weighted by Crippen LogP contribution is 2.27. The van der Waals surface area contributed by atoms with Crippen LogP contribution in [0.1, 0.15) is 35.4 Å². The summed E-state index contributed by atoms with van der Waals surface area (Å²) in [7, 11) is 0. The molecule has 0 spiro atoms. The molecule has 0 aliphatic carbocycles. The van der Waals surface area contributed by atoms with Gasteiger partial charge in [-0.05, 0) is 12.5 Å². The molecule has 1 aromatic carbocycles. The van der Waals surface area contributed by atoms with Crippen molar-refractivity contribution >= 4 is 11.8 Å². The molecule has 0 bridgehead atoms. The van der Waals surface area contributed by atoms with E-state index >= 15 is 0 Å². The number of hydrogen-bond donors (Lipinski definition) is 1. The summed E-state index contributed by atoms with van der Waals surface area (Å²) in [4.78, 5) is 24.8. The van der Waals surface area contributed by atoms with Crippen molar-refractivity contribution in [3.63, 3.8) is 0 Å². The molecule has 1 aliphatic heterocycles. The van der Waals surface area contributed by atoms with E-state index in [9.17, 15) is 14.7 Å². The van der Waals surface area contributed by atoms with Crippen LogP contribution in [0.4, 0.5) is 0 Å². The summed E-state index contributed by atoms with van der Waals surface area (Å²) >= 11 is 0. The van der Waals surface area contributed by atoms with E-state index in [0.29, 0.717) is 24.1 Å². The average molecular weight is 219 g/mol. The number of carbonyl (C=O) groups is 2. The maximum absolute atomic E-state index is 12.0. The van der Waals surface area contributed by atoms with Crippen molar-refractivity contribution in [1.82, 2.24) is 4.90 Å². The number of rotatable bonds is 2. The highest BCUT2D eigenvalue weighted by molar-refractivity contribution is 6.10. The molecule has 2 amide bonds. The number of nitrogens with zero attached hydrogens (tertiary/aromatic N) is 1. The van der Waals surface area contributed by atoms with Crippen molar-refractivity contribution < 1.29 is 14.7 Å². The van der Waals surface area contributed by atoms with Crippen LogP contribution < -0.4 is 0 Å². The second-order valence-corrected chi connectivity index (χ2v) is 3.78. The molecular weight excluding hydrogens is 206 g/mol. The van der Waals surface area contributed by atoms with Gasteiger partial charge in [-0.2, -0.15) is 0 Å². The third-order valence-electron chi connectivity index (χ3n) is 2.68. The maximum Gasteiger partial charge on any atom is 0.262 e. The molecule has 0 aromatic heterocycles. The first-order chi connectivity index (χ1) is 7.66. The summed E-state index contributed by atoms with van der Waals surface area (Å²) in [5.74, 6) is -0.835. The zero-order valence-electron chi connectivity index (χ0n) is 9.01. The Kier molecular flexibility index (Phi) is 2.75. The fourth-order valence-electron chi connectivity index (χ4n) is 1.89. The summed E-state index contributed by atoms with van der Waals surface area (Å²) in [6.07, 6.45) is -0.521. The predicted molar refractivity (Wildman–Crippen MR) is 57.7 cm³/mol. The topological polar surface area (TPSA) is 57.6 Å². The Morgan fingerprint density at radius 3 is 2.69 bits per heavy atom. The fourth-order valence-corrected chi connectivity index (χ4v) is 1.89. The Labute approximate surface area is 93.5 Å². The van der Waals surface area contributed by atoms with E-state index in [1.54, 1.807) is 24.3 Å². The fraction of sp³-hybridized carbons (Fsp3) is 0.333. The molecule has 1 heterocycles. The van der Waals surface area contributed by atoms with Crippen LogP contribution in [0.25, 0.3) is 0 Å². The van der Waals surface area contributed by atoms with Crippen LogP contribution in [0.15, 0.2) is 24.3 Å². The van der Waals surface area contributed by atoms with Gasteiger partial charge in [0.25, 0.3) is 11.8 Å². The van der Waals surface area contributed by atoms with Gasteiger partial charge in [-0.15, -0.1) is 0 Å². The number of aliphatic hydroxyl groups is 1. The Morgan fingerprint density at radius 2 is 2.00 bits per heavy atom.